The second kappa shape index (κ2) is 8.87. The Labute approximate surface area is 164 Å². The molecule has 4 nitrogen and oxygen atoms in total. The zero-order valence-corrected chi connectivity index (χ0v) is 16.3. The standard InChI is InChI=1S/C20H22Cl2N2O2/c1-23-7-9-24(10-8-23)13-20(25)15-3-2-4-18(11-15)26-14-16-5-6-17(21)12-19(16)22/h2-6,11-12H,7-10,13-14H2,1H3. The van der Waals surface area contributed by atoms with Crippen molar-refractivity contribution >= 4 is 29.0 Å². The minimum absolute atomic E-state index is 0.115. The second-order valence-electron chi connectivity index (χ2n) is 6.55. The molecule has 1 fully saturated rings. The van der Waals surface area contributed by atoms with Crippen molar-refractivity contribution in [2.24, 2.45) is 0 Å². The number of benzene rings is 2. The Bertz CT molecular complexity index is 774. The van der Waals surface area contributed by atoms with Crippen LogP contribution in [0.4, 0.5) is 0 Å². The fourth-order valence-corrected chi connectivity index (χ4v) is 3.32. The highest BCUT2D eigenvalue weighted by Crippen LogP contribution is 2.23. The van der Waals surface area contributed by atoms with Gasteiger partial charge in [-0.3, -0.25) is 9.69 Å². The van der Waals surface area contributed by atoms with Gasteiger partial charge in [0, 0.05) is 47.4 Å². The molecule has 1 aliphatic rings. The van der Waals surface area contributed by atoms with Crippen LogP contribution in [-0.2, 0) is 6.61 Å². The zero-order chi connectivity index (χ0) is 18.5. The van der Waals surface area contributed by atoms with Gasteiger partial charge in [-0.2, -0.15) is 0 Å². The molecule has 0 aliphatic carbocycles. The highest BCUT2D eigenvalue weighted by atomic mass is 35.5. The maximum absolute atomic E-state index is 12.6. The smallest absolute Gasteiger partial charge is 0.176 e. The van der Waals surface area contributed by atoms with Gasteiger partial charge in [0.05, 0.1) is 6.54 Å². The van der Waals surface area contributed by atoms with E-state index in [9.17, 15) is 4.79 Å². The number of hydrogen-bond acceptors (Lipinski definition) is 4. The summed E-state index contributed by atoms with van der Waals surface area (Å²) in [6.07, 6.45) is 0. The quantitative estimate of drug-likeness (QED) is 0.695. The van der Waals surface area contributed by atoms with Gasteiger partial charge < -0.3 is 9.64 Å². The van der Waals surface area contributed by atoms with Gasteiger partial charge in [0.15, 0.2) is 5.78 Å². The molecule has 3 rings (SSSR count). The molecule has 1 saturated heterocycles. The summed E-state index contributed by atoms with van der Waals surface area (Å²) in [4.78, 5) is 17.0. The Morgan fingerprint density at radius 1 is 1.08 bits per heavy atom. The second-order valence-corrected chi connectivity index (χ2v) is 7.40. The lowest BCUT2D eigenvalue weighted by atomic mass is 10.1. The molecule has 6 heteroatoms. The lowest BCUT2D eigenvalue weighted by Crippen LogP contribution is -2.46. The first kappa shape index (κ1) is 19.2. The molecule has 26 heavy (non-hydrogen) atoms. The number of hydrogen-bond donors (Lipinski definition) is 0. The largest absolute Gasteiger partial charge is 0.489 e. The Hall–Kier alpha value is -1.59. The molecule has 2 aromatic carbocycles. The van der Waals surface area contributed by atoms with E-state index in [1.807, 2.05) is 24.3 Å². The number of carbonyl (C=O) groups excluding carboxylic acids is 1. The fraction of sp³-hybridized carbons (Fsp3) is 0.350. The van der Waals surface area contributed by atoms with Crippen molar-refractivity contribution in [2.75, 3.05) is 39.8 Å². The van der Waals surface area contributed by atoms with E-state index < -0.39 is 0 Å². The zero-order valence-electron chi connectivity index (χ0n) is 14.8. The summed E-state index contributed by atoms with van der Waals surface area (Å²) in [7, 11) is 2.10. The Morgan fingerprint density at radius 2 is 1.85 bits per heavy atom. The molecule has 0 amide bonds. The lowest BCUT2D eigenvalue weighted by Gasteiger charge is -2.31. The third kappa shape index (κ3) is 5.21. The minimum atomic E-state index is 0.115. The summed E-state index contributed by atoms with van der Waals surface area (Å²) in [5, 5.41) is 1.16. The molecule has 138 valence electrons. The van der Waals surface area contributed by atoms with Crippen LogP contribution in [0.2, 0.25) is 10.0 Å². The number of halogens is 2. The number of likely N-dealkylation sites (N-methyl/N-ethyl adjacent to an activating group) is 1. The molecule has 0 N–H and O–H groups in total. The van der Waals surface area contributed by atoms with Crippen LogP contribution < -0.4 is 4.74 Å². The van der Waals surface area contributed by atoms with Crippen molar-refractivity contribution in [1.82, 2.24) is 9.80 Å². The lowest BCUT2D eigenvalue weighted by molar-refractivity contribution is 0.0876. The van der Waals surface area contributed by atoms with E-state index in [0.29, 0.717) is 34.5 Å². The number of nitrogens with zero attached hydrogens (tertiary/aromatic N) is 2. The normalized spacial score (nSPS) is 15.8. The van der Waals surface area contributed by atoms with E-state index in [1.165, 1.54) is 0 Å². The van der Waals surface area contributed by atoms with Gasteiger partial charge in [-0.1, -0.05) is 41.4 Å². The average Bonchev–Trinajstić information content (AvgIpc) is 2.63. The van der Waals surface area contributed by atoms with Gasteiger partial charge in [0.1, 0.15) is 12.4 Å². The fourth-order valence-electron chi connectivity index (χ4n) is 2.86. The van der Waals surface area contributed by atoms with E-state index in [-0.39, 0.29) is 5.78 Å². The molecule has 0 radical (unpaired) electrons. The third-order valence-corrected chi connectivity index (χ3v) is 5.12. The molecule has 1 aliphatic heterocycles. The third-order valence-electron chi connectivity index (χ3n) is 4.53. The predicted octanol–water partition coefficient (Wildman–Crippen LogP) is 4.00. The van der Waals surface area contributed by atoms with Gasteiger partial charge in [0.2, 0.25) is 0 Å². The van der Waals surface area contributed by atoms with Crippen molar-refractivity contribution in [3.05, 3.63) is 63.6 Å². The minimum Gasteiger partial charge on any atom is -0.489 e. The number of ketones is 1. The van der Waals surface area contributed by atoms with Crippen LogP contribution >= 0.6 is 23.2 Å². The number of Topliss-reactive ketones (excluding diaryl/α,β-unsaturated/α-hetero) is 1. The molecule has 0 bridgehead atoms. The first-order valence-corrected chi connectivity index (χ1v) is 9.38. The van der Waals surface area contributed by atoms with Crippen LogP contribution in [0.15, 0.2) is 42.5 Å². The maximum Gasteiger partial charge on any atom is 0.176 e. The van der Waals surface area contributed by atoms with E-state index in [2.05, 4.69) is 16.8 Å². The molecule has 2 aromatic rings. The van der Waals surface area contributed by atoms with E-state index in [0.717, 1.165) is 31.7 Å². The molecule has 0 spiro atoms. The van der Waals surface area contributed by atoms with Crippen LogP contribution in [0, 0.1) is 0 Å². The van der Waals surface area contributed by atoms with Crippen LogP contribution in [0.3, 0.4) is 0 Å². The van der Waals surface area contributed by atoms with Crippen LogP contribution in [0.5, 0.6) is 5.75 Å². The first-order chi connectivity index (χ1) is 12.5. The number of carbonyl (C=O) groups is 1. The predicted molar refractivity (Wildman–Crippen MR) is 106 cm³/mol. The number of ether oxygens (including phenoxy) is 1. The molecule has 1 heterocycles. The van der Waals surface area contributed by atoms with Gasteiger partial charge in [-0.05, 0) is 31.3 Å². The van der Waals surface area contributed by atoms with Crippen LogP contribution in [0.25, 0.3) is 0 Å². The summed E-state index contributed by atoms with van der Waals surface area (Å²) in [5.41, 5.74) is 1.52. The SMILES string of the molecule is CN1CCN(CC(=O)c2cccc(OCc3ccc(Cl)cc3Cl)c2)CC1. The number of piperazine rings is 1. The van der Waals surface area contributed by atoms with Crippen molar-refractivity contribution in [1.29, 1.82) is 0 Å². The molecule has 0 unspecified atom stereocenters. The summed E-state index contributed by atoms with van der Waals surface area (Å²) < 4.78 is 5.81. The van der Waals surface area contributed by atoms with Gasteiger partial charge in [-0.25, -0.2) is 0 Å². The molecule has 0 saturated carbocycles. The van der Waals surface area contributed by atoms with E-state index in [1.54, 1.807) is 18.2 Å². The topological polar surface area (TPSA) is 32.8 Å². The van der Waals surface area contributed by atoms with Crippen molar-refractivity contribution in [3.63, 3.8) is 0 Å². The highest BCUT2D eigenvalue weighted by molar-refractivity contribution is 6.35. The van der Waals surface area contributed by atoms with Crippen molar-refractivity contribution < 1.29 is 9.53 Å². The molecular weight excluding hydrogens is 371 g/mol. The average molecular weight is 393 g/mol. The van der Waals surface area contributed by atoms with Gasteiger partial charge in [0.25, 0.3) is 0 Å². The van der Waals surface area contributed by atoms with Gasteiger partial charge in [-0.15, -0.1) is 0 Å². The molecule has 0 aromatic heterocycles. The Morgan fingerprint density at radius 3 is 2.58 bits per heavy atom. The van der Waals surface area contributed by atoms with Crippen molar-refractivity contribution in [2.45, 2.75) is 6.61 Å². The maximum atomic E-state index is 12.6. The summed E-state index contributed by atoms with van der Waals surface area (Å²) in [6, 6.07) is 12.6. The Kier molecular flexibility index (Phi) is 6.54. The molecular formula is C20H22Cl2N2O2. The first-order valence-electron chi connectivity index (χ1n) is 8.62. The highest BCUT2D eigenvalue weighted by Gasteiger charge is 2.17. The van der Waals surface area contributed by atoms with Crippen LogP contribution in [0.1, 0.15) is 15.9 Å². The summed E-state index contributed by atoms with van der Waals surface area (Å²) >= 11 is 12.1. The van der Waals surface area contributed by atoms with Crippen molar-refractivity contribution in [3.8, 4) is 5.75 Å². The van der Waals surface area contributed by atoms with E-state index >= 15 is 0 Å². The number of rotatable bonds is 6. The molecule has 0 atom stereocenters. The summed E-state index contributed by atoms with van der Waals surface area (Å²) in [5.74, 6) is 0.768. The van der Waals surface area contributed by atoms with E-state index in [4.69, 9.17) is 27.9 Å². The summed E-state index contributed by atoms with van der Waals surface area (Å²) in [6.45, 7) is 4.62. The Balaban J connectivity index is 1.59. The van der Waals surface area contributed by atoms with Gasteiger partial charge >= 0.3 is 0 Å². The monoisotopic (exact) mass is 392 g/mol. The van der Waals surface area contributed by atoms with Crippen LogP contribution in [-0.4, -0.2) is 55.4 Å².